The molecule has 1 unspecified atom stereocenters. The molecule has 1 atom stereocenters. The van der Waals surface area contributed by atoms with E-state index in [1.54, 1.807) is 12.1 Å². The quantitative estimate of drug-likeness (QED) is 0.403. The summed E-state index contributed by atoms with van der Waals surface area (Å²) in [5.41, 5.74) is 3.33. The van der Waals surface area contributed by atoms with Gasteiger partial charge in [-0.1, -0.05) is 42.3 Å². The van der Waals surface area contributed by atoms with Crippen molar-refractivity contribution >= 4 is 39.1 Å². The van der Waals surface area contributed by atoms with Gasteiger partial charge in [0.15, 0.2) is 0 Å². The SMILES string of the molecule is CSCCCCCNS(=O)(=O)c1ccc(NCCC2OCCc3ccccc32)c(Cl)c1. The lowest BCUT2D eigenvalue weighted by Gasteiger charge is -2.26. The highest BCUT2D eigenvalue weighted by molar-refractivity contribution is 7.98. The maximum atomic E-state index is 12.5. The van der Waals surface area contributed by atoms with Crippen molar-refractivity contribution in [3.8, 4) is 0 Å². The summed E-state index contributed by atoms with van der Waals surface area (Å²) in [7, 11) is -3.55. The molecular weight excluding hydrogens is 452 g/mol. The number of ether oxygens (including phenoxy) is 1. The van der Waals surface area contributed by atoms with Crippen molar-refractivity contribution in [1.82, 2.24) is 4.72 Å². The number of unbranched alkanes of at least 4 members (excludes halogenated alkanes) is 2. The van der Waals surface area contributed by atoms with E-state index in [1.807, 2.05) is 17.8 Å². The largest absolute Gasteiger partial charge is 0.384 e. The van der Waals surface area contributed by atoms with E-state index in [1.165, 1.54) is 17.2 Å². The van der Waals surface area contributed by atoms with Gasteiger partial charge < -0.3 is 10.1 Å². The van der Waals surface area contributed by atoms with E-state index in [0.29, 0.717) is 18.1 Å². The van der Waals surface area contributed by atoms with Crippen LogP contribution in [0.1, 0.15) is 42.9 Å². The Balaban J connectivity index is 1.50. The maximum Gasteiger partial charge on any atom is 0.240 e. The molecule has 0 spiro atoms. The molecule has 0 radical (unpaired) electrons. The van der Waals surface area contributed by atoms with Crippen LogP contribution in [0.2, 0.25) is 5.02 Å². The molecule has 0 aliphatic carbocycles. The first kappa shape index (κ1) is 24.4. The van der Waals surface area contributed by atoms with E-state index in [2.05, 4.69) is 34.5 Å². The number of hydrogen-bond donors (Lipinski definition) is 2. The molecule has 0 bridgehead atoms. The summed E-state index contributed by atoms with van der Waals surface area (Å²) in [6.07, 6.45) is 6.86. The molecule has 0 aromatic heterocycles. The number of hydrogen-bond acceptors (Lipinski definition) is 5. The Bertz CT molecular complexity index is 954. The average Bonchev–Trinajstić information content (AvgIpc) is 2.77. The zero-order valence-electron chi connectivity index (χ0n) is 17.9. The highest BCUT2D eigenvalue weighted by Crippen LogP contribution is 2.30. The van der Waals surface area contributed by atoms with Crippen LogP contribution >= 0.6 is 23.4 Å². The van der Waals surface area contributed by atoms with Crippen molar-refractivity contribution < 1.29 is 13.2 Å². The van der Waals surface area contributed by atoms with Crippen molar-refractivity contribution in [1.29, 1.82) is 0 Å². The Morgan fingerprint density at radius 3 is 2.77 bits per heavy atom. The van der Waals surface area contributed by atoms with Crippen LogP contribution in [0.15, 0.2) is 47.4 Å². The molecule has 0 amide bonds. The monoisotopic (exact) mass is 482 g/mol. The first-order chi connectivity index (χ1) is 15.0. The van der Waals surface area contributed by atoms with Gasteiger partial charge in [0.25, 0.3) is 0 Å². The minimum absolute atomic E-state index is 0.0657. The zero-order chi connectivity index (χ0) is 22.1. The van der Waals surface area contributed by atoms with Gasteiger partial charge in [-0.15, -0.1) is 0 Å². The first-order valence-corrected chi connectivity index (χ1v) is 14.0. The molecule has 0 saturated carbocycles. The summed E-state index contributed by atoms with van der Waals surface area (Å²) >= 11 is 8.18. The van der Waals surface area contributed by atoms with Gasteiger partial charge in [-0.05, 0) is 67.0 Å². The highest BCUT2D eigenvalue weighted by atomic mass is 35.5. The Morgan fingerprint density at radius 1 is 1.13 bits per heavy atom. The van der Waals surface area contributed by atoms with Gasteiger partial charge in [0.05, 0.1) is 28.3 Å². The minimum atomic E-state index is -3.55. The lowest BCUT2D eigenvalue weighted by atomic mass is 9.96. The van der Waals surface area contributed by atoms with Crippen molar-refractivity contribution in [3.63, 3.8) is 0 Å². The smallest absolute Gasteiger partial charge is 0.240 e. The summed E-state index contributed by atoms with van der Waals surface area (Å²) in [5.74, 6) is 1.11. The molecule has 0 saturated heterocycles. The second-order valence-corrected chi connectivity index (χ2v) is 10.8. The summed E-state index contributed by atoms with van der Waals surface area (Å²) < 4.78 is 33.6. The number of thioether (sulfide) groups is 1. The molecule has 8 heteroatoms. The molecule has 1 aliphatic rings. The number of rotatable bonds is 12. The van der Waals surface area contributed by atoms with Crippen molar-refractivity contribution in [3.05, 3.63) is 58.6 Å². The molecule has 1 aliphatic heterocycles. The molecule has 2 aromatic carbocycles. The third-order valence-electron chi connectivity index (χ3n) is 5.38. The fraction of sp³-hybridized carbons (Fsp3) is 0.478. The van der Waals surface area contributed by atoms with Crippen LogP contribution in [0.25, 0.3) is 0 Å². The minimum Gasteiger partial charge on any atom is -0.384 e. The topological polar surface area (TPSA) is 67.4 Å². The number of nitrogens with one attached hydrogen (secondary N) is 2. The fourth-order valence-corrected chi connectivity index (χ4v) is 5.60. The van der Waals surface area contributed by atoms with Crippen molar-refractivity contribution in [2.24, 2.45) is 0 Å². The van der Waals surface area contributed by atoms with Gasteiger partial charge in [0.2, 0.25) is 10.0 Å². The average molecular weight is 483 g/mol. The molecular formula is C23H31ClN2O3S2. The van der Waals surface area contributed by atoms with Gasteiger partial charge >= 0.3 is 0 Å². The Morgan fingerprint density at radius 2 is 1.97 bits per heavy atom. The molecule has 170 valence electrons. The number of fused-ring (bicyclic) bond motifs is 1. The fourth-order valence-electron chi connectivity index (χ4n) is 3.70. The molecule has 2 N–H and O–H groups in total. The molecule has 5 nitrogen and oxygen atoms in total. The number of halogens is 1. The summed E-state index contributed by atoms with van der Waals surface area (Å²) in [6.45, 7) is 1.86. The van der Waals surface area contributed by atoms with E-state index in [4.69, 9.17) is 16.3 Å². The number of benzene rings is 2. The number of sulfonamides is 1. The Labute approximate surface area is 195 Å². The Kier molecular flexibility index (Phi) is 9.53. The van der Waals surface area contributed by atoms with Gasteiger partial charge in [0.1, 0.15) is 0 Å². The highest BCUT2D eigenvalue weighted by Gasteiger charge is 2.20. The van der Waals surface area contributed by atoms with Gasteiger partial charge in [-0.3, -0.25) is 0 Å². The van der Waals surface area contributed by atoms with Gasteiger partial charge in [0, 0.05) is 13.1 Å². The zero-order valence-corrected chi connectivity index (χ0v) is 20.3. The van der Waals surface area contributed by atoms with Gasteiger partial charge in [-0.2, -0.15) is 11.8 Å². The van der Waals surface area contributed by atoms with Crippen molar-refractivity contribution in [2.45, 2.75) is 43.1 Å². The Hall–Kier alpha value is -1.25. The van der Waals surface area contributed by atoms with Crippen LogP contribution in [-0.4, -0.2) is 40.1 Å². The van der Waals surface area contributed by atoms with E-state index < -0.39 is 10.0 Å². The predicted molar refractivity (Wildman–Crippen MR) is 131 cm³/mol. The maximum absolute atomic E-state index is 12.5. The van der Waals surface area contributed by atoms with E-state index in [9.17, 15) is 8.42 Å². The second kappa shape index (κ2) is 12.1. The van der Waals surface area contributed by atoms with Crippen LogP contribution in [0.5, 0.6) is 0 Å². The van der Waals surface area contributed by atoms with Crippen LogP contribution in [0.3, 0.4) is 0 Å². The van der Waals surface area contributed by atoms with E-state index in [-0.39, 0.29) is 11.0 Å². The van der Waals surface area contributed by atoms with Crippen LogP contribution in [0, 0.1) is 0 Å². The molecule has 0 fully saturated rings. The van der Waals surface area contributed by atoms with E-state index in [0.717, 1.165) is 50.2 Å². The summed E-state index contributed by atoms with van der Waals surface area (Å²) in [5, 5.41) is 3.71. The summed E-state index contributed by atoms with van der Waals surface area (Å²) in [4.78, 5) is 0.191. The number of anilines is 1. The van der Waals surface area contributed by atoms with Crippen LogP contribution in [0.4, 0.5) is 5.69 Å². The van der Waals surface area contributed by atoms with E-state index >= 15 is 0 Å². The van der Waals surface area contributed by atoms with Gasteiger partial charge in [-0.25, -0.2) is 13.1 Å². The molecule has 3 rings (SSSR count). The third-order valence-corrected chi connectivity index (χ3v) is 7.85. The van der Waals surface area contributed by atoms with Crippen LogP contribution < -0.4 is 10.0 Å². The molecule has 31 heavy (non-hydrogen) atoms. The summed E-state index contributed by atoms with van der Waals surface area (Å²) in [6, 6.07) is 13.2. The predicted octanol–water partition coefficient (Wildman–Crippen LogP) is 5.27. The third kappa shape index (κ3) is 7.12. The standard InChI is InChI=1S/C23H31ClN2O3S2/c1-30-16-6-2-5-13-26-31(27,28)19-9-10-22(21(24)17-19)25-14-11-23-20-8-4-3-7-18(20)12-15-29-23/h3-4,7-10,17,23,25-26H,2,5-6,11-16H2,1H3. The van der Waals surface area contributed by atoms with Crippen molar-refractivity contribution in [2.75, 3.05) is 37.0 Å². The lowest BCUT2D eigenvalue weighted by Crippen LogP contribution is -2.24. The first-order valence-electron chi connectivity index (χ1n) is 10.7. The molecule has 1 heterocycles. The normalized spacial score (nSPS) is 16.1. The molecule has 2 aromatic rings. The van der Waals surface area contributed by atoms with Crippen LogP contribution in [-0.2, 0) is 21.2 Å². The second-order valence-electron chi connectivity index (χ2n) is 7.62. The lowest BCUT2D eigenvalue weighted by molar-refractivity contribution is 0.0389.